The lowest BCUT2D eigenvalue weighted by molar-refractivity contribution is 0.0917. The Balaban J connectivity index is 1.46. The minimum absolute atomic E-state index is 0.100. The van der Waals surface area contributed by atoms with Crippen LogP contribution in [0.3, 0.4) is 0 Å². The van der Waals surface area contributed by atoms with Gasteiger partial charge in [-0.05, 0) is 31.2 Å². The summed E-state index contributed by atoms with van der Waals surface area (Å²) in [5.74, 6) is 1.43. The highest BCUT2D eigenvalue weighted by Crippen LogP contribution is 2.30. The van der Waals surface area contributed by atoms with Gasteiger partial charge in [-0.1, -0.05) is 23.7 Å². The quantitative estimate of drug-likeness (QED) is 0.883. The molecule has 0 aliphatic carbocycles. The number of rotatable bonds is 4. The van der Waals surface area contributed by atoms with E-state index in [2.05, 4.69) is 10.6 Å². The lowest BCUT2D eigenvalue weighted by atomic mass is 10.2. The Morgan fingerprint density at radius 1 is 1.35 bits per heavy atom. The first-order chi connectivity index (χ1) is 11.1. The van der Waals surface area contributed by atoms with Crippen molar-refractivity contribution in [2.24, 2.45) is 0 Å². The monoisotopic (exact) mass is 352 g/mol. The molecule has 2 amide bonds. The number of nitrogens with one attached hydrogen (secondary N) is 2. The predicted molar refractivity (Wildman–Crippen MR) is 90.6 cm³/mol. The van der Waals surface area contributed by atoms with Crippen LogP contribution in [0.5, 0.6) is 11.5 Å². The fraction of sp³-hybridized carbons (Fsp3) is 0.312. The molecule has 7 heteroatoms. The summed E-state index contributed by atoms with van der Waals surface area (Å²) in [6, 6.07) is 10.9. The largest absolute Gasteiger partial charge is 0.486 e. The summed E-state index contributed by atoms with van der Waals surface area (Å²) in [7, 11) is 0. The number of para-hydroxylation sites is 2. The van der Waals surface area contributed by atoms with Crippen molar-refractivity contribution in [2.45, 2.75) is 19.1 Å². The van der Waals surface area contributed by atoms with Gasteiger partial charge in [0.15, 0.2) is 17.6 Å². The second-order valence-electron chi connectivity index (χ2n) is 5.22. The topological polar surface area (TPSA) is 59.6 Å². The second-order valence-corrected chi connectivity index (χ2v) is 6.96. The van der Waals surface area contributed by atoms with Crippen molar-refractivity contribution in [3.8, 4) is 11.5 Å². The van der Waals surface area contributed by atoms with Crippen LogP contribution >= 0.6 is 22.9 Å². The number of hydrogen-bond acceptors (Lipinski definition) is 4. The Morgan fingerprint density at radius 3 is 2.87 bits per heavy atom. The molecule has 2 aromatic rings. The third kappa shape index (κ3) is 4.09. The van der Waals surface area contributed by atoms with Gasteiger partial charge in [-0.2, -0.15) is 0 Å². The molecule has 2 N–H and O–H groups in total. The van der Waals surface area contributed by atoms with Crippen LogP contribution in [0.4, 0.5) is 4.79 Å². The molecule has 0 fully saturated rings. The van der Waals surface area contributed by atoms with Crippen LogP contribution in [0.1, 0.15) is 17.8 Å². The maximum Gasteiger partial charge on any atom is 0.315 e. The molecule has 2 atom stereocenters. The zero-order chi connectivity index (χ0) is 16.2. The van der Waals surface area contributed by atoms with Gasteiger partial charge >= 0.3 is 6.03 Å². The number of fused-ring (bicyclic) bond motifs is 1. The fourth-order valence-corrected chi connectivity index (χ4v) is 3.31. The summed E-state index contributed by atoms with van der Waals surface area (Å²) in [4.78, 5) is 13.0. The number of amides is 2. The molecule has 1 aromatic carbocycles. The molecule has 23 heavy (non-hydrogen) atoms. The Morgan fingerprint density at radius 2 is 2.13 bits per heavy atom. The molecule has 1 aliphatic heterocycles. The van der Waals surface area contributed by atoms with E-state index in [4.69, 9.17) is 21.1 Å². The summed E-state index contributed by atoms with van der Waals surface area (Å²) in [5.41, 5.74) is 0. The van der Waals surface area contributed by atoms with Gasteiger partial charge in [0.1, 0.15) is 6.61 Å². The minimum atomic E-state index is -0.246. The lowest BCUT2D eigenvalue weighted by Gasteiger charge is -2.26. The van der Waals surface area contributed by atoms with E-state index < -0.39 is 0 Å². The third-order valence-electron chi connectivity index (χ3n) is 3.43. The fourth-order valence-electron chi connectivity index (χ4n) is 2.25. The molecule has 0 unspecified atom stereocenters. The van der Waals surface area contributed by atoms with Gasteiger partial charge in [-0.3, -0.25) is 0 Å². The van der Waals surface area contributed by atoms with Crippen LogP contribution in [0.25, 0.3) is 0 Å². The first-order valence-corrected chi connectivity index (χ1v) is 8.49. The van der Waals surface area contributed by atoms with Crippen molar-refractivity contribution in [3.63, 3.8) is 0 Å². The van der Waals surface area contributed by atoms with E-state index in [0.29, 0.717) is 23.2 Å². The highest BCUT2D eigenvalue weighted by molar-refractivity contribution is 7.16. The van der Waals surface area contributed by atoms with Gasteiger partial charge < -0.3 is 20.1 Å². The number of thiophene rings is 1. The van der Waals surface area contributed by atoms with E-state index in [1.165, 1.54) is 11.3 Å². The first kappa shape index (κ1) is 16.0. The lowest BCUT2D eigenvalue weighted by Crippen LogP contribution is -2.44. The van der Waals surface area contributed by atoms with Crippen LogP contribution in [-0.4, -0.2) is 25.3 Å². The zero-order valence-corrected chi connectivity index (χ0v) is 14.1. The molecular formula is C16H17ClN2O3S. The zero-order valence-electron chi connectivity index (χ0n) is 12.5. The van der Waals surface area contributed by atoms with Crippen LogP contribution < -0.4 is 20.1 Å². The van der Waals surface area contributed by atoms with Gasteiger partial charge in [-0.25, -0.2) is 4.79 Å². The molecule has 0 saturated heterocycles. The SMILES string of the molecule is C[C@H](NC(=O)NC[C@@H]1COc2ccccc2O1)c1ccc(Cl)s1. The number of halogens is 1. The normalized spacial score (nSPS) is 17.4. The molecule has 0 saturated carbocycles. The number of urea groups is 1. The van der Waals surface area contributed by atoms with Crippen molar-refractivity contribution < 1.29 is 14.3 Å². The van der Waals surface area contributed by atoms with E-state index in [0.717, 1.165) is 10.6 Å². The molecule has 0 spiro atoms. The van der Waals surface area contributed by atoms with Gasteiger partial charge in [-0.15, -0.1) is 11.3 Å². The number of benzene rings is 1. The predicted octanol–water partition coefficient (Wildman–Crippen LogP) is 3.60. The summed E-state index contributed by atoms with van der Waals surface area (Å²) in [5, 5.41) is 5.68. The molecule has 0 radical (unpaired) electrons. The average molecular weight is 353 g/mol. The number of hydrogen-bond donors (Lipinski definition) is 2. The highest BCUT2D eigenvalue weighted by Gasteiger charge is 2.21. The second kappa shape index (κ2) is 7.10. The number of carbonyl (C=O) groups excluding carboxylic acids is 1. The Labute approximate surface area is 143 Å². The average Bonchev–Trinajstić information content (AvgIpc) is 2.99. The van der Waals surface area contributed by atoms with Crippen LogP contribution in [0.2, 0.25) is 4.34 Å². The Bertz CT molecular complexity index is 691. The summed E-state index contributed by atoms with van der Waals surface area (Å²) < 4.78 is 12.1. The van der Waals surface area contributed by atoms with Crippen molar-refractivity contribution in [1.82, 2.24) is 10.6 Å². The van der Waals surface area contributed by atoms with E-state index in [1.54, 1.807) is 0 Å². The molecule has 5 nitrogen and oxygen atoms in total. The van der Waals surface area contributed by atoms with Crippen LogP contribution in [0.15, 0.2) is 36.4 Å². The standard InChI is InChI=1S/C16H17ClN2O3S/c1-10(14-6-7-15(17)23-14)19-16(20)18-8-11-9-21-12-4-2-3-5-13(12)22-11/h2-7,10-11H,8-9H2,1H3,(H2,18,19,20)/t10-,11+/m0/s1. The van der Waals surface area contributed by atoms with Crippen molar-refractivity contribution in [3.05, 3.63) is 45.6 Å². The summed E-state index contributed by atoms with van der Waals surface area (Å²) in [6.45, 7) is 2.70. The van der Waals surface area contributed by atoms with Gasteiger partial charge in [0, 0.05) is 4.88 Å². The maximum absolute atomic E-state index is 12.0. The van der Waals surface area contributed by atoms with Gasteiger partial charge in [0.2, 0.25) is 0 Å². The molecule has 0 bridgehead atoms. The summed E-state index contributed by atoms with van der Waals surface area (Å²) >= 11 is 7.36. The molecule has 1 aromatic heterocycles. The third-order valence-corrected chi connectivity index (χ3v) is 4.84. The Hall–Kier alpha value is -1.92. The number of ether oxygens (including phenoxy) is 2. The first-order valence-electron chi connectivity index (χ1n) is 7.30. The van der Waals surface area contributed by atoms with Crippen molar-refractivity contribution >= 4 is 29.0 Å². The van der Waals surface area contributed by atoms with Crippen molar-refractivity contribution in [1.29, 1.82) is 0 Å². The van der Waals surface area contributed by atoms with Gasteiger partial charge in [0.05, 0.1) is 16.9 Å². The molecule has 3 rings (SSSR count). The van der Waals surface area contributed by atoms with E-state index in [-0.39, 0.29) is 18.2 Å². The smallest absolute Gasteiger partial charge is 0.315 e. The van der Waals surface area contributed by atoms with Gasteiger partial charge in [0.25, 0.3) is 0 Å². The minimum Gasteiger partial charge on any atom is -0.486 e. The molecule has 122 valence electrons. The maximum atomic E-state index is 12.0. The van der Waals surface area contributed by atoms with Crippen molar-refractivity contribution in [2.75, 3.05) is 13.2 Å². The van der Waals surface area contributed by atoms with Crippen LogP contribution in [-0.2, 0) is 0 Å². The van der Waals surface area contributed by atoms with E-state index >= 15 is 0 Å². The Kier molecular flexibility index (Phi) is 4.93. The number of carbonyl (C=O) groups is 1. The molecule has 2 heterocycles. The van der Waals surface area contributed by atoms with Crippen LogP contribution in [0, 0.1) is 0 Å². The highest BCUT2D eigenvalue weighted by atomic mass is 35.5. The van der Waals surface area contributed by atoms with E-state index in [9.17, 15) is 4.79 Å². The molecule has 1 aliphatic rings. The summed E-state index contributed by atoms with van der Waals surface area (Å²) in [6.07, 6.45) is -0.206. The van der Waals surface area contributed by atoms with E-state index in [1.807, 2.05) is 43.3 Å². The molecular weight excluding hydrogens is 336 g/mol.